The van der Waals surface area contributed by atoms with E-state index in [-0.39, 0.29) is 17.3 Å². The minimum absolute atomic E-state index is 0.0440. The molecule has 3 rings (SSSR count). The lowest BCUT2D eigenvalue weighted by Crippen LogP contribution is -2.30. The molecule has 1 saturated carbocycles. The third-order valence-electron chi connectivity index (χ3n) is 3.54. The highest BCUT2D eigenvalue weighted by atomic mass is 19.1. The van der Waals surface area contributed by atoms with Crippen molar-refractivity contribution in [2.75, 3.05) is 7.11 Å². The molecule has 1 aromatic rings. The van der Waals surface area contributed by atoms with E-state index in [9.17, 15) is 9.18 Å². The number of nitrogens with one attached hydrogen (secondary N) is 1. The van der Waals surface area contributed by atoms with Crippen molar-refractivity contribution in [3.05, 3.63) is 29.6 Å². The van der Waals surface area contributed by atoms with Crippen LogP contribution < -0.4 is 10.1 Å². The van der Waals surface area contributed by atoms with E-state index in [2.05, 4.69) is 5.32 Å². The van der Waals surface area contributed by atoms with Gasteiger partial charge in [0.05, 0.1) is 12.6 Å². The number of fused-ring (bicyclic) bond motifs is 1. The Labute approximate surface area is 92.6 Å². The smallest absolute Gasteiger partial charge is 0.221 e. The van der Waals surface area contributed by atoms with Crippen LogP contribution in [-0.4, -0.2) is 13.0 Å². The number of carbonyl (C=O) groups is 1. The fourth-order valence-corrected chi connectivity index (χ4v) is 2.68. The van der Waals surface area contributed by atoms with Gasteiger partial charge in [-0.1, -0.05) is 0 Å². The van der Waals surface area contributed by atoms with Crippen molar-refractivity contribution < 1.29 is 13.9 Å². The number of ether oxygens (including phenoxy) is 1. The Hall–Kier alpha value is -1.58. The second-order valence-corrected chi connectivity index (χ2v) is 4.47. The van der Waals surface area contributed by atoms with Crippen LogP contribution in [0.5, 0.6) is 5.75 Å². The summed E-state index contributed by atoms with van der Waals surface area (Å²) in [5, 5.41) is 2.94. The molecule has 3 nitrogen and oxygen atoms in total. The molecule has 0 unspecified atom stereocenters. The van der Waals surface area contributed by atoms with Crippen molar-refractivity contribution in [1.82, 2.24) is 5.32 Å². The van der Waals surface area contributed by atoms with Gasteiger partial charge in [-0.25, -0.2) is 4.39 Å². The van der Waals surface area contributed by atoms with E-state index in [1.807, 2.05) is 0 Å². The van der Waals surface area contributed by atoms with Gasteiger partial charge >= 0.3 is 0 Å². The quantitative estimate of drug-likeness (QED) is 0.823. The third kappa shape index (κ3) is 1.16. The fourth-order valence-electron chi connectivity index (χ4n) is 2.68. The van der Waals surface area contributed by atoms with E-state index < -0.39 is 0 Å². The molecule has 2 aliphatic rings. The zero-order valence-electron chi connectivity index (χ0n) is 8.92. The van der Waals surface area contributed by atoms with Crippen molar-refractivity contribution >= 4 is 5.91 Å². The second kappa shape index (κ2) is 2.97. The molecule has 1 aliphatic carbocycles. The predicted octanol–water partition coefficient (Wildman–Crippen LogP) is 1.57. The highest BCUT2D eigenvalue weighted by molar-refractivity contribution is 5.83. The van der Waals surface area contributed by atoms with Gasteiger partial charge in [0.1, 0.15) is 11.6 Å². The average Bonchev–Trinajstić information content (AvgIpc) is 2.83. The third-order valence-corrected chi connectivity index (χ3v) is 3.54. The Morgan fingerprint density at radius 3 is 3.00 bits per heavy atom. The summed E-state index contributed by atoms with van der Waals surface area (Å²) < 4.78 is 18.5. The monoisotopic (exact) mass is 221 g/mol. The summed E-state index contributed by atoms with van der Waals surface area (Å²) in [5.41, 5.74) is 0.413. The minimum Gasteiger partial charge on any atom is -0.496 e. The summed E-state index contributed by atoms with van der Waals surface area (Å²) in [5.74, 6) is 0.696. The summed E-state index contributed by atoms with van der Waals surface area (Å²) >= 11 is 0. The van der Waals surface area contributed by atoms with E-state index in [1.54, 1.807) is 13.2 Å². The second-order valence-electron chi connectivity index (χ2n) is 4.47. The van der Waals surface area contributed by atoms with Crippen molar-refractivity contribution in [3.63, 3.8) is 0 Å². The van der Waals surface area contributed by atoms with Gasteiger partial charge in [-0.15, -0.1) is 0 Å². The van der Waals surface area contributed by atoms with E-state index in [4.69, 9.17) is 4.74 Å². The maximum atomic E-state index is 13.3. The number of benzene rings is 1. The van der Waals surface area contributed by atoms with Crippen LogP contribution in [0, 0.1) is 11.7 Å². The summed E-state index contributed by atoms with van der Waals surface area (Å²) in [7, 11) is 1.56. The Bertz CT molecular complexity index is 474. The highest BCUT2D eigenvalue weighted by Gasteiger charge is 2.62. The summed E-state index contributed by atoms with van der Waals surface area (Å²) in [4.78, 5) is 11.3. The number of hydrogen-bond acceptors (Lipinski definition) is 2. The molecular formula is C12H12FNO2. The molecule has 0 radical (unpaired) electrons. The molecule has 1 amide bonds. The van der Waals surface area contributed by atoms with Crippen molar-refractivity contribution in [2.24, 2.45) is 5.92 Å². The molecule has 1 N–H and O–H groups in total. The normalized spacial score (nSPS) is 30.9. The number of hydrogen-bond donors (Lipinski definition) is 1. The maximum Gasteiger partial charge on any atom is 0.221 e. The Morgan fingerprint density at radius 2 is 2.38 bits per heavy atom. The number of rotatable bonds is 2. The van der Waals surface area contributed by atoms with E-state index in [0.29, 0.717) is 18.1 Å². The molecule has 1 saturated heterocycles. The molecule has 16 heavy (non-hydrogen) atoms. The fraction of sp³-hybridized carbons (Fsp3) is 0.417. The lowest BCUT2D eigenvalue weighted by Gasteiger charge is -2.17. The van der Waals surface area contributed by atoms with E-state index in [1.165, 1.54) is 12.1 Å². The van der Waals surface area contributed by atoms with Crippen LogP contribution in [0.15, 0.2) is 18.2 Å². The van der Waals surface area contributed by atoms with Crippen molar-refractivity contribution in [1.29, 1.82) is 0 Å². The standard InChI is InChI=1S/C12H12FNO2/c1-16-10-3-2-8(13)5-9(10)12-6-7(12)4-11(15)14-12/h2-3,5,7H,4,6H2,1H3,(H,14,15)/t7-,12+/m0/s1. The topological polar surface area (TPSA) is 38.3 Å². The lowest BCUT2D eigenvalue weighted by atomic mass is 10.0. The molecule has 4 heteroatoms. The van der Waals surface area contributed by atoms with Gasteiger partial charge < -0.3 is 10.1 Å². The molecule has 1 aromatic carbocycles. The van der Waals surface area contributed by atoms with Crippen molar-refractivity contribution in [3.8, 4) is 5.75 Å². The molecule has 2 atom stereocenters. The molecule has 0 bridgehead atoms. The first-order valence-corrected chi connectivity index (χ1v) is 5.31. The van der Waals surface area contributed by atoms with Crippen molar-refractivity contribution in [2.45, 2.75) is 18.4 Å². The molecule has 2 fully saturated rings. The molecular weight excluding hydrogens is 209 g/mol. The Morgan fingerprint density at radius 1 is 1.56 bits per heavy atom. The van der Waals surface area contributed by atoms with Crippen LogP contribution in [0.3, 0.4) is 0 Å². The number of halogens is 1. The van der Waals surface area contributed by atoms with E-state index in [0.717, 1.165) is 12.0 Å². The van der Waals surface area contributed by atoms with Gasteiger partial charge in [-0.3, -0.25) is 4.79 Å². The summed E-state index contributed by atoms with van der Waals surface area (Å²) in [6, 6.07) is 4.44. The zero-order valence-corrected chi connectivity index (χ0v) is 8.92. The van der Waals surface area contributed by atoms with Gasteiger partial charge in [-0.2, -0.15) is 0 Å². The minimum atomic E-state index is -0.357. The number of methoxy groups -OCH3 is 1. The molecule has 0 spiro atoms. The van der Waals surface area contributed by atoms with Crippen LogP contribution in [-0.2, 0) is 10.3 Å². The Balaban J connectivity index is 2.07. The molecule has 0 aromatic heterocycles. The zero-order chi connectivity index (χ0) is 11.3. The van der Waals surface area contributed by atoms with Crippen LogP contribution in [0.2, 0.25) is 0 Å². The van der Waals surface area contributed by atoms with Crippen LogP contribution in [0.1, 0.15) is 18.4 Å². The molecule has 1 heterocycles. The number of carbonyl (C=O) groups excluding carboxylic acids is 1. The Kier molecular flexibility index (Phi) is 1.79. The SMILES string of the molecule is COc1ccc(F)cc1[C@@]12C[C@@H]1CC(=O)N2. The van der Waals surface area contributed by atoms with Gasteiger partial charge in [0, 0.05) is 12.0 Å². The number of amides is 1. The van der Waals surface area contributed by atoms with E-state index >= 15 is 0 Å². The largest absolute Gasteiger partial charge is 0.496 e. The highest BCUT2D eigenvalue weighted by Crippen LogP contribution is 2.59. The first kappa shape index (κ1) is 9.63. The summed E-state index contributed by atoms with van der Waals surface area (Å²) in [6.45, 7) is 0. The lowest BCUT2D eigenvalue weighted by molar-refractivity contribution is -0.120. The first-order valence-electron chi connectivity index (χ1n) is 5.31. The van der Waals surface area contributed by atoms with Gasteiger partial charge in [0.2, 0.25) is 5.91 Å². The molecule has 1 aliphatic heterocycles. The predicted molar refractivity (Wildman–Crippen MR) is 55.5 cm³/mol. The first-order chi connectivity index (χ1) is 7.65. The van der Waals surface area contributed by atoms with Crippen LogP contribution >= 0.6 is 0 Å². The van der Waals surface area contributed by atoms with Gasteiger partial charge in [0.25, 0.3) is 0 Å². The number of piperidine rings is 1. The summed E-state index contributed by atoms with van der Waals surface area (Å²) in [6.07, 6.45) is 1.43. The van der Waals surface area contributed by atoms with Gasteiger partial charge in [0.15, 0.2) is 0 Å². The average molecular weight is 221 g/mol. The van der Waals surface area contributed by atoms with Gasteiger partial charge in [-0.05, 0) is 30.5 Å². The maximum absolute atomic E-state index is 13.3. The van der Waals surface area contributed by atoms with Crippen LogP contribution in [0.4, 0.5) is 4.39 Å². The molecule has 84 valence electrons. The van der Waals surface area contributed by atoms with Crippen LogP contribution in [0.25, 0.3) is 0 Å².